The molecule has 8 heteroatoms. The van der Waals surface area contributed by atoms with Gasteiger partial charge in [0.25, 0.3) is 0 Å². The number of aromatic nitrogens is 2. The van der Waals surface area contributed by atoms with E-state index in [0.29, 0.717) is 29.3 Å². The molecule has 1 amide bonds. The molecule has 0 aliphatic carbocycles. The summed E-state index contributed by atoms with van der Waals surface area (Å²) in [5.41, 5.74) is 0.270. The van der Waals surface area contributed by atoms with Crippen molar-refractivity contribution in [1.29, 1.82) is 0 Å². The molecule has 0 aliphatic heterocycles. The predicted molar refractivity (Wildman–Crippen MR) is 93.7 cm³/mol. The van der Waals surface area contributed by atoms with Crippen LogP contribution in [0.3, 0.4) is 0 Å². The van der Waals surface area contributed by atoms with Gasteiger partial charge in [-0.05, 0) is 31.0 Å². The fourth-order valence-corrected chi connectivity index (χ4v) is 3.28. The highest BCUT2D eigenvalue weighted by Gasteiger charge is 2.31. The average Bonchev–Trinajstić information content (AvgIpc) is 2.90. The average molecular weight is 373 g/mol. The lowest BCUT2D eigenvalue weighted by atomic mass is 10.2. The summed E-state index contributed by atoms with van der Waals surface area (Å²) in [7, 11) is 0. The number of amides is 1. The highest BCUT2D eigenvalue weighted by Crippen LogP contribution is 2.33. The Bertz CT molecular complexity index is 728. The molecule has 138 valence electrons. The summed E-state index contributed by atoms with van der Waals surface area (Å²) < 4.78 is 40.6. The molecular weight excluding hydrogens is 351 g/mol. The number of carbonyl (C=O) groups is 1. The second-order valence-corrected chi connectivity index (χ2v) is 6.68. The van der Waals surface area contributed by atoms with E-state index in [2.05, 4.69) is 10.3 Å². The van der Waals surface area contributed by atoms with Crippen LogP contribution in [0, 0.1) is 0 Å². The molecule has 0 spiro atoms. The molecule has 0 atom stereocenters. The van der Waals surface area contributed by atoms with Crippen LogP contribution < -0.4 is 5.32 Å². The van der Waals surface area contributed by atoms with Crippen molar-refractivity contribution >= 4 is 28.7 Å². The Kier molecular flexibility index (Phi) is 6.75. The van der Waals surface area contributed by atoms with Crippen LogP contribution in [0.15, 0.2) is 23.4 Å². The van der Waals surface area contributed by atoms with Gasteiger partial charge in [0.15, 0.2) is 5.16 Å². The Morgan fingerprint density at radius 1 is 1.28 bits per heavy atom. The van der Waals surface area contributed by atoms with Crippen molar-refractivity contribution in [2.75, 3.05) is 12.3 Å². The van der Waals surface area contributed by atoms with Crippen molar-refractivity contribution in [2.45, 2.75) is 51.0 Å². The Hall–Kier alpha value is -1.70. The summed E-state index contributed by atoms with van der Waals surface area (Å²) >= 11 is 1.25. The fourth-order valence-electron chi connectivity index (χ4n) is 2.41. The highest BCUT2D eigenvalue weighted by molar-refractivity contribution is 7.99. The second kappa shape index (κ2) is 8.60. The first-order valence-electron chi connectivity index (χ1n) is 8.33. The van der Waals surface area contributed by atoms with Crippen molar-refractivity contribution in [2.24, 2.45) is 0 Å². The van der Waals surface area contributed by atoms with Gasteiger partial charge in [0, 0.05) is 13.1 Å². The summed E-state index contributed by atoms with van der Waals surface area (Å²) in [5, 5.41) is 3.39. The Morgan fingerprint density at radius 3 is 2.68 bits per heavy atom. The lowest BCUT2D eigenvalue weighted by molar-refractivity contribution is -0.137. The van der Waals surface area contributed by atoms with Crippen LogP contribution in [-0.4, -0.2) is 27.8 Å². The van der Waals surface area contributed by atoms with Gasteiger partial charge in [-0.25, -0.2) is 4.98 Å². The zero-order valence-electron chi connectivity index (χ0n) is 14.3. The number of aryl methyl sites for hydroxylation is 1. The lowest BCUT2D eigenvalue weighted by Gasteiger charge is -2.09. The zero-order valence-corrected chi connectivity index (χ0v) is 15.1. The fraction of sp³-hybridized carbons (Fsp3) is 0.529. The molecule has 0 unspecified atom stereocenters. The molecular formula is C17H22F3N3OS. The lowest BCUT2D eigenvalue weighted by Crippen LogP contribution is -2.26. The molecule has 2 aromatic rings. The Balaban J connectivity index is 2.21. The number of hydrogen-bond acceptors (Lipinski definition) is 3. The maximum Gasteiger partial charge on any atom is 0.416 e. The van der Waals surface area contributed by atoms with E-state index in [1.807, 2.05) is 13.8 Å². The van der Waals surface area contributed by atoms with Crippen molar-refractivity contribution in [3.63, 3.8) is 0 Å². The number of fused-ring (bicyclic) bond motifs is 1. The first kappa shape index (κ1) is 19.6. The smallest absolute Gasteiger partial charge is 0.355 e. The molecule has 0 aliphatic rings. The first-order chi connectivity index (χ1) is 11.9. The standard InChI is InChI=1S/C17H22F3N3OS/c1-3-5-8-21-15(24)11-25-16-22-13-7-6-12(17(18,19)20)10-14(13)23(16)9-4-2/h6-7,10H,3-5,8-9,11H2,1-2H3,(H,21,24). The number of benzene rings is 1. The third kappa shape index (κ3) is 5.14. The van der Waals surface area contributed by atoms with Gasteiger partial charge in [-0.2, -0.15) is 13.2 Å². The summed E-state index contributed by atoms with van der Waals surface area (Å²) in [6.07, 6.45) is -1.70. The van der Waals surface area contributed by atoms with E-state index in [0.717, 1.165) is 31.4 Å². The van der Waals surface area contributed by atoms with E-state index in [4.69, 9.17) is 0 Å². The number of carbonyl (C=O) groups excluding carboxylic acids is 1. The van der Waals surface area contributed by atoms with Crippen LogP contribution >= 0.6 is 11.8 Å². The van der Waals surface area contributed by atoms with Crippen molar-refractivity contribution in [3.8, 4) is 0 Å². The summed E-state index contributed by atoms with van der Waals surface area (Å²) in [4.78, 5) is 16.2. The van der Waals surface area contributed by atoms with Gasteiger partial charge in [0.05, 0.1) is 22.3 Å². The van der Waals surface area contributed by atoms with Crippen molar-refractivity contribution < 1.29 is 18.0 Å². The predicted octanol–water partition coefficient (Wildman–Crippen LogP) is 4.47. The number of halogens is 3. The Labute approximate surface area is 149 Å². The van der Waals surface area contributed by atoms with Crippen LogP contribution in [-0.2, 0) is 17.5 Å². The highest BCUT2D eigenvalue weighted by atomic mass is 32.2. The largest absolute Gasteiger partial charge is 0.416 e. The van der Waals surface area contributed by atoms with Crippen molar-refractivity contribution in [1.82, 2.24) is 14.9 Å². The first-order valence-corrected chi connectivity index (χ1v) is 9.32. The molecule has 0 fully saturated rings. The number of hydrogen-bond donors (Lipinski definition) is 1. The van der Waals surface area contributed by atoms with Gasteiger partial charge in [0.1, 0.15) is 0 Å². The van der Waals surface area contributed by atoms with E-state index in [1.54, 1.807) is 4.57 Å². The van der Waals surface area contributed by atoms with Crippen LogP contribution in [0.25, 0.3) is 11.0 Å². The monoisotopic (exact) mass is 373 g/mol. The quantitative estimate of drug-likeness (QED) is 0.548. The minimum absolute atomic E-state index is 0.0930. The Morgan fingerprint density at radius 2 is 2.04 bits per heavy atom. The number of alkyl halides is 3. The van der Waals surface area contributed by atoms with Gasteiger partial charge >= 0.3 is 6.18 Å². The number of nitrogens with one attached hydrogen (secondary N) is 1. The van der Waals surface area contributed by atoms with E-state index in [-0.39, 0.29) is 11.7 Å². The van der Waals surface area contributed by atoms with Gasteiger partial charge in [-0.3, -0.25) is 4.79 Å². The third-order valence-electron chi connectivity index (χ3n) is 3.67. The molecule has 0 saturated heterocycles. The molecule has 25 heavy (non-hydrogen) atoms. The number of thioether (sulfide) groups is 1. The molecule has 1 aromatic heterocycles. The maximum atomic E-state index is 13.0. The van der Waals surface area contributed by atoms with E-state index >= 15 is 0 Å². The van der Waals surface area contributed by atoms with Gasteiger partial charge in [-0.1, -0.05) is 32.0 Å². The van der Waals surface area contributed by atoms with E-state index in [9.17, 15) is 18.0 Å². The minimum atomic E-state index is -4.39. The van der Waals surface area contributed by atoms with Crippen molar-refractivity contribution in [3.05, 3.63) is 23.8 Å². The van der Waals surface area contributed by atoms with Crippen LogP contribution in [0.5, 0.6) is 0 Å². The summed E-state index contributed by atoms with van der Waals surface area (Å²) in [5.74, 6) is 0.104. The van der Waals surface area contributed by atoms with Gasteiger partial charge in [0.2, 0.25) is 5.91 Å². The molecule has 1 N–H and O–H groups in total. The van der Waals surface area contributed by atoms with Crippen LogP contribution in [0.2, 0.25) is 0 Å². The maximum absolute atomic E-state index is 13.0. The zero-order chi connectivity index (χ0) is 18.4. The van der Waals surface area contributed by atoms with Gasteiger partial charge in [-0.15, -0.1) is 0 Å². The molecule has 2 rings (SSSR count). The second-order valence-electron chi connectivity index (χ2n) is 5.74. The molecule has 0 saturated carbocycles. The SMILES string of the molecule is CCCCNC(=O)CSc1nc2ccc(C(F)(F)F)cc2n1CCC. The van der Waals surface area contributed by atoms with Crippen LogP contribution in [0.1, 0.15) is 38.7 Å². The number of unbranched alkanes of at least 4 members (excludes halogenated alkanes) is 1. The number of nitrogens with zero attached hydrogens (tertiary/aromatic N) is 2. The summed E-state index contributed by atoms with van der Waals surface area (Å²) in [6, 6.07) is 3.55. The minimum Gasteiger partial charge on any atom is -0.355 e. The molecule has 1 heterocycles. The topological polar surface area (TPSA) is 46.9 Å². The number of rotatable bonds is 8. The molecule has 4 nitrogen and oxygen atoms in total. The van der Waals surface area contributed by atoms with E-state index in [1.165, 1.54) is 17.8 Å². The summed E-state index contributed by atoms with van der Waals surface area (Å²) in [6.45, 7) is 5.18. The third-order valence-corrected chi connectivity index (χ3v) is 4.65. The molecule has 0 radical (unpaired) electrons. The molecule has 1 aromatic carbocycles. The van der Waals surface area contributed by atoms with Gasteiger partial charge < -0.3 is 9.88 Å². The number of imidazole rings is 1. The van der Waals surface area contributed by atoms with Crippen LogP contribution in [0.4, 0.5) is 13.2 Å². The molecule has 0 bridgehead atoms. The van der Waals surface area contributed by atoms with E-state index < -0.39 is 11.7 Å². The normalized spacial score (nSPS) is 11.9.